The van der Waals surface area contributed by atoms with Crippen molar-refractivity contribution in [3.8, 4) is 0 Å². The minimum Gasteiger partial charge on any atom is -0.478 e. The summed E-state index contributed by atoms with van der Waals surface area (Å²) in [6.45, 7) is 4.87. The molecule has 0 amide bonds. The zero-order chi connectivity index (χ0) is 15.2. The lowest BCUT2D eigenvalue weighted by Gasteiger charge is -2.08. The minimum absolute atomic E-state index is 0.288. The molecule has 0 aromatic carbocycles. The maximum absolute atomic E-state index is 11.2. The van der Waals surface area contributed by atoms with Gasteiger partial charge in [0.15, 0.2) is 0 Å². The third kappa shape index (κ3) is 4.29. The van der Waals surface area contributed by atoms with E-state index in [0.717, 1.165) is 25.0 Å². The van der Waals surface area contributed by atoms with E-state index in [-0.39, 0.29) is 5.56 Å². The van der Waals surface area contributed by atoms with E-state index in [2.05, 4.69) is 36.3 Å². The highest BCUT2D eigenvalue weighted by atomic mass is 32.1. The van der Waals surface area contributed by atoms with Crippen molar-refractivity contribution in [3.05, 3.63) is 45.3 Å². The van der Waals surface area contributed by atoms with Gasteiger partial charge in [0.25, 0.3) is 0 Å². The lowest BCUT2D eigenvalue weighted by atomic mass is 10.1. The largest absolute Gasteiger partial charge is 0.478 e. The molecule has 0 bridgehead atoms. The van der Waals surface area contributed by atoms with Crippen molar-refractivity contribution >= 4 is 23.1 Å². The Morgan fingerprint density at radius 3 is 2.67 bits per heavy atom. The topological polar surface area (TPSA) is 62.2 Å². The predicted molar refractivity (Wildman–Crippen MR) is 86.2 cm³/mol. The molecule has 5 heteroatoms. The van der Waals surface area contributed by atoms with Gasteiger partial charge in [-0.3, -0.25) is 0 Å². The number of pyridine rings is 1. The molecule has 0 aliphatic carbocycles. The highest BCUT2D eigenvalue weighted by Gasteiger charge is 2.08. The number of aromatic carboxylic acids is 1. The summed E-state index contributed by atoms with van der Waals surface area (Å²) in [4.78, 5) is 18.2. The van der Waals surface area contributed by atoms with Crippen molar-refractivity contribution in [1.29, 1.82) is 0 Å². The molecule has 112 valence electrons. The molecular formula is C16H20N2O2S. The first-order chi connectivity index (χ1) is 10.1. The standard InChI is InChI=1S/C16H20N2O2S/c1-3-5-12-8-11(16(19)20)9-15(18-12)17-10-14-7-6-13(4-2)21-14/h6-9H,3-5,10H2,1-2H3,(H,17,18)(H,19,20). The van der Waals surface area contributed by atoms with Crippen LogP contribution in [0.1, 0.15) is 46.1 Å². The highest BCUT2D eigenvalue weighted by Crippen LogP contribution is 2.19. The van der Waals surface area contributed by atoms with Crippen molar-refractivity contribution in [2.24, 2.45) is 0 Å². The lowest BCUT2D eigenvalue weighted by Crippen LogP contribution is -2.06. The van der Waals surface area contributed by atoms with Crippen LogP contribution in [0.5, 0.6) is 0 Å². The van der Waals surface area contributed by atoms with Crippen LogP contribution in [0, 0.1) is 0 Å². The second kappa shape index (κ2) is 7.22. The first kappa shape index (κ1) is 15.5. The Morgan fingerprint density at radius 1 is 1.29 bits per heavy atom. The molecule has 0 spiro atoms. The zero-order valence-electron chi connectivity index (χ0n) is 12.3. The number of aromatic nitrogens is 1. The molecule has 4 nitrogen and oxygen atoms in total. The first-order valence-corrected chi connectivity index (χ1v) is 7.99. The molecule has 2 N–H and O–H groups in total. The number of hydrogen-bond donors (Lipinski definition) is 2. The van der Waals surface area contributed by atoms with Crippen molar-refractivity contribution in [2.45, 2.75) is 39.7 Å². The highest BCUT2D eigenvalue weighted by molar-refractivity contribution is 7.12. The maximum atomic E-state index is 11.2. The smallest absolute Gasteiger partial charge is 0.335 e. The monoisotopic (exact) mass is 304 g/mol. The fourth-order valence-electron chi connectivity index (χ4n) is 2.07. The lowest BCUT2D eigenvalue weighted by molar-refractivity contribution is 0.0696. The van der Waals surface area contributed by atoms with Crippen LogP contribution >= 0.6 is 11.3 Å². The normalized spacial score (nSPS) is 10.6. The number of carboxylic acids is 1. The van der Waals surface area contributed by atoms with Gasteiger partial charge in [-0.15, -0.1) is 11.3 Å². The Labute approximate surface area is 128 Å². The molecule has 2 rings (SSSR count). The van der Waals surface area contributed by atoms with Crippen LogP contribution in [-0.4, -0.2) is 16.1 Å². The van der Waals surface area contributed by atoms with Gasteiger partial charge < -0.3 is 10.4 Å². The Hall–Kier alpha value is -1.88. The number of carbonyl (C=O) groups is 1. The van der Waals surface area contributed by atoms with E-state index in [1.54, 1.807) is 23.5 Å². The van der Waals surface area contributed by atoms with Crippen molar-refractivity contribution in [2.75, 3.05) is 5.32 Å². The number of rotatable bonds is 7. The molecule has 2 aromatic heterocycles. The third-order valence-electron chi connectivity index (χ3n) is 3.14. The van der Waals surface area contributed by atoms with E-state index in [1.165, 1.54) is 9.75 Å². The van der Waals surface area contributed by atoms with Crippen LogP contribution < -0.4 is 5.32 Å². The van der Waals surface area contributed by atoms with E-state index < -0.39 is 5.97 Å². The second-order valence-electron chi connectivity index (χ2n) is 4.86. The van der Waals surface area contributed by atoms with Gasteiger partial charge in [0.2, 0.25) is 0 Å². The Balaban J connectivity index is 2.12. The number of hydrogen-bond acceptors (Lipinski definition) is 4. The van der Waals surface area contributed by atoms with Crippen LogP contribution in [0.25, 0.3) is 0 Å². The molecule has 2 heterocycles. The summed E-state index contributed by atoms with van der Waals surface area (Å²) in [6.07, 6.45) is 2.77. The second-order valence-corrected chi connectivity index (χ2v) is 6.12. The molecule has 0 atom stereocenters. The van der Waals surface area contributed by atoms with Gasteiger partial charge in [0, 0.05) is 15.4 Å². The molecule has 2 aromatic rings. The average Bonchev–Trinajstić information content (AvgIpc) is 2.93. The van der Waals surface area contributed by atoms with Crippen LogP contribution in [0.15, 0.2) is 24.3 Å². The Kier molecular flexibility index (Phi) is 5.33. The number of anilines is 1. The summed E-state index contributed by atoms with van der Waals surface area (Å²) < 4.78 is 0. The van der Waals surface area contributed by atoms with Gasteiger partial charge in [-0.25, -0.2) is 9.78 Å². The van der Waals surface area contributed by atoms with Gasteiger partial charge in [0.1, 0.15) is 5.82 Å². The van der Waals surface area contributed by atoms with E-state index in [9.17, 15) is 4.79 Å². The fourth-order valence-corrected chi connectivity index (χ4v) is 2.97. The Bertz CT molecular complexity index is 622. The van der Waals surface area contributed by atoms with Crippen molar-refractivity contribution in [3.63, 3.8) is 0 Å². The summed E-state index contributed by atoms with van der Waals surface area (Å²) in [6, 6.07) is 7.48. The first-order valence-electron chi connectivity index (χ1n) is 7.18. The van der Waals surface area contributed by atoms with Crippen molar-refractivity contribution < 1.29 is 9.90 Å². The molecule has 0 aliphatic heterocycles. The van der Waals surface area contributed by atoms with Gasteiger partial charge in [-0.1, -0.05) is 20.3 Å². The zero-order valence-corrected chi connectivity index (χ0v) is 13.2. The summed E-state index contributed by atoms with van der Waals surface area (Å²) in [7, 11) is 0. The van der Waals surface area contributed by atoms with Gasteiger partial charge in [0.05, 0.1) is 12.1 Å². The number of nitrogens with one attached hydrogen (secondary N) is 1. The van der Waals surface area contributed by atoms with E-state index >= 15 is 0 Å². The van der Waals surface area contributed by atoms with Gasteiger partial charge in [-0.2, -0.15) is 0 Å². The minimum atomic E-state index is -0.915. The quantitative estimate of drug-likeness (QED) is 0.812. The summed E-state index contributed by atoms with van der Waals surface area (Å²) in [5.41, 5.74) is 1.11. The summed E-state index contributed by atoms with van der Waals surface area (Å²) in [5, 5.41) is 12.4. The van der Waals surface area contributed by atoms with Gasteiger partial charge in [-0.05, 0) is 37.1 Å². The number of aryl methyl sites for hydroxylation is 2. The predicted octanol–water partition coefficient (Wildman–Crippen LogP) is 3.97. The fraction of sp³-hybridized carbons (Fsp3) is 0.375. The molecule has 0 saturated carbocycles. The molecule has 0 fully saturated rings. The van der Waals surface area contributed by atoms with Crippen LogP contribution in [0.3, 0.4) is 0 Å². The summed E-state index contributed by atoms with van der Waals surface area (Å²) in [5.74, 6) is -0.285. The van der Waals surface area contributed by atoms with Crippen LogP contribution in [-0.2, 0) is 19.4 Å². The number of nitrogens with zero attached hydrogens (tertiary/aromatic N) is 1. The van der Waals surface area contributed by atoms with Crippen molar-refractivity contribution in [1.82, 2.24) is 4.98 Å². The number of thiophene rings is 1. The van der Waals surface area contributed by atoms with E-state index in [1.807, 2.05) is 0 Å². The van der Waals surface area contributed by atoms with Crippen LogP contribution in [0.2, 0.25) is 0 Å². The van der Waals surface area contributed by atoms with Crippen LogP contribution in [0.4, 0.5) is 5.82 Å². The molecule has 0 unspecified atom stereocenters. The SMILES string of the molecule is CCCc1cc(C(=O)O)cc(NCc2ccc(CC)s2)n1. The molecule has 0 radical (unpaired) electrons. The van der Waals surface area contributed by atoms with E-state index in [0.29, 0.717) is 12.4 Å². The Morgan fingerprint density at radius 2 is 2.05 bits per heavy atom. The average molecular weight is 304 g/mol. The maximum Gasteiger partial charge on any atom is 0.335 e. The summed E-state index contributed by atoms with van der Waals surface area (Å²) >= 11 is 1.77. The molecule has 0 aliphatic rings. The molecule has 0 saturated heterocycles. The van der Waals surface area contributed by atoms with E-state index in [4.69, 9.17) is 5.11 Å². The van der Waals surface area contributed by atoms with Gasteiger partial charge >= 0.3 is 5.97 Å². The molecular weight excluding hydrogens is 284 g/mol. The number of carboxylic acid groups (broad SMARTS) is 1. The molecule has 21 heavy (non-hydrogen) atoms. The third-order valence-corrected chi connectivity index (χ3v) is 4.37.